The molecule has 0 radical (unpaired) electrons. The van der Waals surface area contributed by atoms with Gasteiger partial charge in [0.2, 0.25) is 0 Å². The van der Waals surface area contributed by atoms with Gasteiger partial charge in [0.1, 0.15) is 0 Å². The average Bonchev–Trinajstić information content (AvgIpc) is 2.93. The van der Waals surface area contributed by atoms with Crippen molar-refractivity contribution in [1.29, 1.82) is 0 Å². The minimum absolute atomic E-state index is 0.0924. The number of hydrogen-bond donors (Lipinski definition) is 0. The topological polar surface area (TPSA) is 47.0 Å². The van der Waals surface area contributed by atoms with Gasteiger partial charge in [-0.15, -0.1) is 11.3 Å². The molecular weight excluding hydrogens is 234 g/mol. The molecule has 0 saturated heterocycles. The number of aromatic nitrogens is 1. The van der Waals surface area contributed by atoms with Gasteiger partial charge >= 0.3 is 0 Å². The molecule has 0 bridgehead atoms. The first-order valence-corrected chi connectivity index (χ1v) is 5.91. The summed E-state index contributed by atoms with van der Waals surface area (Å²) in [7, 11) is 0. The minimum atomic E-state index is -0.0924. The van der Waals surface area contributed by atoms with Crippen LogP contribution in [-0.2, 0) is 0 Å². The van der Waals surface area contributed by atoms with E-state index >= 15 is 0 Å². The minimum Gasteiger partial charge on any atom is -0.289 e. The molecule has 1 aliphatic rings. The number of ketones is 2. The van der Waals surface area contributed by atoms with Crippen molar-refractivity contribution in [2.45, 2.75) is 0 Å². The Balaban J connectivity index is 0.000000181. The van der Waals surface area contributed by atoms with Crippen molar-refractivity contribution in [3.05, 3.63) is 64.6 Å². The van der Waals surface area contributed by atoms with E-state index in [9.17, 15) is 9.59 Å². The van der Waals surface area contributed by atoms with Gasteiger partial charge in [0.05, 0.1) is 5.51 Å². The van der Waals surface area contributed by atoms with Gasteiger partial charge in [0.25, 0.3) is 0 Å². The summed E-state index contributed by atoms with van der Waals surface area (Å²) in [5.74, 6) is -0.185. The molecule has 0 fully saturated rings. The summed E-state index contributed by atoms with van der Waals surface area (Å²) >= 11 is 1.60. The Labute approximate surface area is 102 Å². The van der Waals surface area contributed by atoms with Crippen LogP contribution in [0.5, 0.6) is 0 Å². The molecule has 2 aromatic rings. The zero-order valence-electron chi connectivity index (χ0n) is 8.87. The molecule has 1 aromatic heterocycles. The van der Waals surface area contributed by atoms with E-state index < -0.39 is 0 Å². The summed E-state index contributed by atoms with van der Waals surface area (Å²) in [5, 5.41) is 1.93. The van der Waals surface area contributed by atoms with Crippen molar-refractivity contribution < 1.29 is 9.59 Å². The van der Waals surface area contributed by atoms with E-state index in [0.29, 0.717) is 11.1 Å². The highest BCUT2D eigenvalue weighted by Gasteiger charge is 2.16. The Morgan fingerprint density at radius 2 is 1.53 bits per heavy atom. The SMILES string of the molecule is O=C1C=CC(=O)c2ccccc21.c1cscn1. The number of thiazole rings is 1. The molecule has 0 amide bonds. The Hall–Kier alpha value is -2.07. The summed E-state index contributed by atoms with van der Waals surface area (Å²) in [6.45, 7) is 0. The highest BCUT2D eigenvalue weighted by Crippen LogP contribution is 2.15. The zero-order chi connectivity index (χ0) is 12.1. The van der Waals surface area contributed by atoms with Crippen LogP contribution >= 0.6 is 11.3 Å². The van der Waals surface area contributed by atoms with Crippen LogP contribution in [0.3, 0.4) is 0 Å². The van der Waals surface area contributed by atoms with E-state index in [1.54, 1.807) is 47.3 Å². The number of nitrogens with zero attached hydrogens (tertiary/aromatic N) is 1. The normalized spacial score (nSPS) is 12.7. The summed E-state index contributed by atoms with van der Waals surface area (Å²) in [6, 6.07) is 6.84. The number of allylic oxidation sites excluding steroid dienone is 2. The fourth-order valence-corrected chi connectivity index (χ4v) is 1.77. The molecule has 1 aliphatic carbocycles. The third-order valence-electron chi connectivity index (χ3n) is 2.19. The van der Waals surface area contributed by atoms with E-state index in [-0.39, 0.29) is 11.6 Å². The van der Waals surface area contributed by atoms with Gasteiger partial charge in [-0.3, -0.25) is 14.6 Å². The van der Waals surface area contributed by atoms with Crippen molar-refractivity contribution in [2.75, 3.05) is 0 Å². The van der Waals surface area contributed by atoms with Crippen LogP contribution in [0.15, 0.2) is 53.5 Å². The lowest BCUT2D eigenvalue weighted by atomic mass is 9.95. The molecule has 4 heteroatoms. The van der Waals surface area contributed by atoms with Crippen molar-refractivity contribution in [2.24, 2.45) is 0 Å². The number of benzene rings is 1. The number of rotatable bonds is 0. The van der Waals surface area contributed by atoms with Crippen LogP contribution in [0.4, 0.5) is 0 Å². The van der Waals surface area contributed by atoms with Crippen molar-refractivity contribution in [1.82, 2.24) is 4.98 Å². The molecule has 3 nitrogen and oxygen atoms in total. The highest BCUT2D eigenvalue weighted by molar-refractivity contribution is 7.07. The van der Waals surface area contributed by atoms with Gasteiger partial charge in [-0.05, 0) is 12.2 Å². The predicted octanol–water partition coefficient (Wildman–Crippen LogP) is 2.76. The zero-order valence-corrected chi connectivity index (χ0v) is 9.68. The Morgan fingerprint density at radius 3 is 1.88 bits per heavy atom. The Morgan fingerprint density at radius 1 is 0.941 bits per heavy atom. The monoisotopic (exact) mass is 243 g/mol. The molecule has 0 saturated carbocycles. The maximum Gasteiger partial charge on any atom is 0.186 e. The van der Waals surface area contributed by atoms with Crippen molar-refractivity contribution in [3.63, 3.8) is 0 Å². The first kappa shape index (κ1) is 11.4. The summed E-state index contributed by atoms with van der Waals surface area (Å²) in [4.78, 5) is 26.1. The van der Waals surface area contributed by atoms with Crippen LogP contribution in [0.2, 0.25) is 0 Å². The molecule has 1 heterocycles. The first-order valence-electron chi connectivity index (χ1n) is 4.97. The smallest absolute Gasteiger partial charge is 0.186 e. The van der Waals surface area contributed by atoms with E-state index in [2.05, 4.69) is 4.98 Å². The first-order chi connectivity index (χ1) is 8.29. The molecule has 1 aromatic carbocycles. The average molecular weight is 243 g/mol. The van der Waals surface area contributed by atoms with E-state index in [1.165, 1.54) is 12.2 Å². The van der Waals surface area contributed by atoms with Gasteiger partial charge in [0.15, 0.2) is 11.6 Å². The molecule has 17 heavy (non-hydrogen) atoms. The molecule has 0 unspecified atom stereocenters. The molecule has 84 valence electrons. The summed E-state index contributed by atoms with van der Waals surface area (Å²) < 4.78 is 0. The number of hydrogen-bond acceptors (Lipinski definition) is 4. The number of carbonyl (C=O) groups is 2. The lowest BCUT2D eigenvalue weighted by Gasteiger charge is -2.06. The van der Waals surface area contributed by atoms with Crippen LogP contribution in [0.25, 0.3) is 0 Å². The molecular formula is C13H9NO2S. The lowest BCUT2D eigenvalue weighted by Crippen LogP contribution is -2.10. The number of fused-ring (bicyclic) bond motifs is 1. The Bertz CT molecular complexity index is 504. The van der Waals surface area contributed by atoms with E-state index in [0.717, 1.165) is 0 Å². The second-order valence-electron chi connectivity index (χ2n) is 3.28. The van der Waals surface area contributed by atoms with Gasteiger partial charge in [-0.25, -0.2) is 0 Å². The van der Waals surface area contributed by atoms with Gasteiger partial charge < -0.3 is 0 Å². The second kappa shape index (κ2) is 5.32. The van der Waals surface area contributed by atoms with Gasteiger partial charge in [-0.2, -0.15) is 0 Å². The molecule has 3 rings (SSSR count). The van der Waals surface area contributed by atoms with Crippen LogP contribution < -0.4 is 0 Å². The third-order valence-corrected chi connectivity index (χ3v) is 2.71. The number of carbonyl (C=O) groups excluding carboxylic acids is 2. The fourth-order valence-electron chi connectivity index (χ4n) is 1.42. The van der Waals surface area contributed by atoms with Crippen LogP contribution in [-0.4, -0.2) is 16.6 Å². The predicted molar refractivity (Wildman–Crippen MR) is 66.4 cm³/mol. The summed E-state index contributed by atoms with van der Waals surface area (Å²) in [5.41, 5.74) is 2.80. The maximum absolute atomic E-state index is 11.2. The highest BCUT2D eigenvalue weighted by atomic mass is 32.1. The molecule has 0 aliphatic heterocycles. The van der Waals surface area contributed by atoms with E-state index in [4.69, 9.17) is 0 Å². The van der Waals surface area contributed by atoms with Crippen molar-refractivity contribution in [3.8, 4) is 0 Å². The molecule has 0 atom stereocenters. The van der Waals surface area contributed by atoms with Crippen LogP contribution in [0.1, 0.15) is 20.7 Å². The second-order valence-corrected chi connectivity index (χ2v) is 4.04. The molecule has 0 N–H and O–H groups in total. The lowest BCUT2D eigenvalue weighted by molar-refractivity contribution is 0.0994. The molecule has 0 spiro atoms. The van der Waals surface area contributed by atoms with Gasteiger partial charge in [-0.1, -0.05) is 24.3 Å². The largest absolute Gasteiger partial charge is 0.289 e. The van der Waals surface area contributed by atoms with Crippen molar-refractivity contribution >= 4 is 22.9 Å². The fraction of sp³-hybridized carbons (Fsp3) is 0. The van der Waals surface area contributed by atoms with E-state index in [1.807, 2.05) is 5.38 Å². The maximum atomic E-state index is 11.2. The quantitative estimate of drug-likeness (QED) is 0.714. The standard InChI is InChI=1S/C10H6O2.C3H3NS/c11-9-5-6-10(12)8-4-2-1-3-7(8)9;1-2-5-3-4-1/h1-6H;1-3H. The van der Waals surface area contributed by atoms with Crippen LogP contribution in [0, 0.1) is 0 Å². The third kappa shape index (κ3) is 2.73. The van der Waals surface area contributed by atoms with Gasteiger partial charge in [0, 0.05) is 22.7 Å². The Kier molecular flexibility index (Phi) is 3.57. The summed E-state index contributed by atoms with van der Waals surface area (Å²) in [6.07, 6.45) is 4.39.